The van der Waals surface area contributed by atoms with Crippen LogP contribution in [0, 0.1) is 18.8 Å². The molecule has 0 unspecified atom stereocenters. The molecular weight excluding hydrogens is 451 g/mol. The molecule has 1 fully saturated rings. The molecule has 178 valence electrons. The number of para-hydroxylation sites is 1. The van der Waals surface area contributed by atoms with Crippen molar-refractivity contribution in [3.8, 4) is 10.6 Å². The molecular formula is C23H28F3N5OS. The van der Waals surface area contributed by atoms with E-state index in [0.29, 0.717) is 23.4 Å². The summed E-state index contributed by atoms with van der Waals surface area (Å²) < 4.78 is 38.5. The molecule has 1 saturated carbocycles. The van der Waals surface area contributed by atoms with Gasteiger partial charge < -0.3 is 15.7 Å². The van der Waals surface area contributed by atoms with Crippen molar-refractivity contribution in [3.63, 3.8) is 0 Å². The van der Waals surface area contributed by atoms with Crippen LogP contribution in [-0.4, -0.2) is 45.4 Å². The third-order valence-electron chi connectivity index (χ3n) is 6.08. The lowest BCUT2D eigenvalue weighted by molar-refractivity contribution is -0.134. The Morgan fingerprint density at radius 3 is 2.64 bits per heavy atom. The number of fused-ring (bicyclic) bond motifs is 1. The fraction of sp³-hybridized carbons (Fsp3) is 0.522. The summed E-state index contributed by atoms with van der Waals surface area (Å²) in [6, 6.07) is 8.01. The number of aryl methyl sites for hydroxylation is 1. The third kappa shape index (κ3) is 5.73. The highest BCUT2D eigenvalue weighted by atomic mass is 32.1. The fourth-order valence-corrected chi connectivity index (χ4v) is 5.45. The Balaban J connectivity index is 1.64. The summed E-state index contributed by atoms with van der Waals surface area (Å²) >= 11 is 1.56. The Labute approximate surface area is 194 Å². The molecule has 3 aromatic rings. The van der Waals surface area contributed by atoms with Crippen molar-refractivity contribution >= 4 is 33.3 Å². The largest absolute Gasteiger partial charge is 0.396 e. The van der Waals surface area contributed by atoms with E-state index in [9.17, 15) is 18.3 Å². The lowest BCUT2D eigenvalue weighted by Crippen LogP contribution is -2.24. The standard InChI is InChI=1S/C23H28F3N5OS/c1-13-10-15(12-32)11-17(13)29-20-19(21-30-16-6-3-4-7-18(16)33-21)14(2)28-22(31-20)27-9-5-8-23(24,25)26/h3-4,6-7,13,15,17,32H,5,8-12H2,1-2H3,(H2,27,28,29,31)/t13-,15-,17-/m1/s1. The van der Waals surface area contributed by atoms with E-state index < -0.39 is 12.6 Å². The van der Waals surface area contributed by atoms with Crippen LogP contribution in [0.4, 0.5) is 24.9 Å². The molecule has 0 amide bonds. The van der Waals surface area contributed by atoms with E-state index in [1.807, 2.05) is 31.2 Å². The number of anilines is 2. The molecule has 1 aliphatic carbocycles. The SMILES string of the molecule is Cc1nc(NCCCC(F)(F)F)nc(N[C@@H]2C[C@H](CO)C[C@H]2C)c1-c1nc2ccccc2s1. The maximum absolute atomic E-state index is 12.5. The van der Waals surface area contributed by atoms with Gasteiger partial charge in [-0.25, -0.2) is 9.97 Å². The minimum Gasteiger partial charge on any atom is -0.396 e. The number of halogens is 3. The zero-order valence-electron chi connectivity index (χ0n) is 18.6. The van der Waals surface area contributed by atoms with Crippen LogP contribution >= 0.6 is 11.3 Å². The molecule has 0 radical (unpaired) electrons. The van der Waals surface area contributed by atoms with E-state index in [-0.39, 0.29) is 31.5 Å². The van der Waals surface area contributed by atoms with Crippen LogP contribution < -0.4 is 10.6 Å². The van der Waals surface area contributed by atoms with Gasteiger partial charge in [-0.2, -0.15) is 18.2 Å². The van der Waals surface area contributed by atoms with Gasteiger partial charge >= 0.3 is 6.18 Å². The molecule has 0 aliphatic heterocycles. The quantitative estimate of drug-likeness (QED) is 0.363. The fourth-order valence-electron chi connectivity index (χ4n) is 4.38. The number of hydrogen-bond acceptors (Lipinski definition) is 7. The highest BCUT2D eigenvalue weighted by Crippen LogP contribution is 2.39. The Morgan fingerprint density at radius 1 is 1.15 bits per heavy atom. The zero-order valence-corrected chi connectivity index (χ0v) is 19.4. The molecule has 2 heterocycles. The minimum absolute atomic E-state index is 0.0495. The number of rotatable bonds is 8. The summed E-state index contributed by atoms with van der Waals surface area (Å²) in [5, 5.41) is 16.9. The Kier molecular flexibility index (Phi) is 7.04. The van der Waals surface area contributed by atoms with E-state index in [1.54, 1.807) is 11.3 Å². The van der Waals surface area contributed by atoms with Crippen LogP contribution in [0.2, 0.25) is 0 Å². The molecule has 0 saturated heterocycles. The topological polar surface area (TPSA) is 83.0 Å². The van der Waals surface area contributed by atoms with Crippen molar-refractivity contribution in [1.82, 2.24) is 15.0 Å². The van der Waals surface area contributed by atoms with Crippen molar-refractivity contribution in [3.05, 3.63) is 30.0 Å². The predicted octanol–water partition coefficient (Wildman–Crippen LogP) is 5.64. The van der Waals surface area contributed by atoms with Gasteiger partial charge in [0.25, 0.3) is 0 Å². The van der Waals surface area contributed by atoms with Gasteiger partial charge in [0, 0.05) is 25.6 Å². The van der Waals surface area contributed by atoms with Crippen molar-refractivity contribution in [2.75, 3.05) is 23.8 Å². The van der Waals surface area contributed by atoms with Crippen molar-refractivity contribution in [2.24, 2.45) is 11.8 Å². The van der Waals surface area contributed by atoms with Gasteiger partial charge in [-0.3, -0.25) is 0 Å². The molecule has 3 atom stereocenters. The first kappa shape index (κ1) is 23.7. The zero-order chi connectivity index (χ0) is 23.6. The summed E-state index contributed by atoms with van der Waals surface area (Å²) in [5.74, 6) is 1.51. The van der Waals surface area contributed by atoms with Gasteiger partial charge in [-0.1, -0.05) is 19.1 Å². The highest BCUT2D eigenvalue weighted by molar-refractivity contribution is 7.21. The molecule has 33 heavy (non-hydrogen) atoms. The number of thiazole rings is 1. The Morgan fingerprint density at radius 2 is 1.94 bits per heavy atom. The normalized spacial score (nSPS) is 21.0. The summed E-state index contributed by atoms with van der Waals surface area (Å²) in [6.45, 7) is 4.30. The summed E-state index contributed by atoms with van der Waals surface area (Å²) in [6.07, 6.45) is -3.32. The summed E-state index contributed by atoms with van der Waals surface area (Å²) in [5.41, 5.74) is 2.40. The van der Waals surface area contributed by atoms with Gasteiger partial charge in [-0.05, 0) is 50.2 Å². The van der Waals surface area contributed by atoms with E-state index in [1.165, 1.54) is 0 Å². The van der Waals surface area contributed by atoms with Gasteiger partial charge in [-0.15, -0.1) is 11.3 Å². The van der Waals surface area contributed by atoms with E-state index in [4.69, 9.17) is 4.98 Å². The van der Waals surface area contributed by atoms with Crippen molar-refractivity contribution in [1.29, 1.82) is 0 Å². The molecule has 3 N–H and O–H groups in total. The smallest absolute Gasteiger partial charge is 0.389 e. The molecule has 10 heteroatoms. The summed E-state index contributed by atoms with van der Waals surface area (Å²) in [4.78, 5) is 13.9. The minimum atomic E-state index is -4.18. The number of nitrogens with zero attached hydrogens (tertiary/aromatic N) is 3. The van der Waals surface area contributed by atoms with E-state index in [2.05, 4.69) is 27.5 Å². The molecule has 0 bridgehead atoms. The van der Waals surface area contributed by atoms with Crippen LogP contribution in [0.3, 0.4) is 0 Å². The molecule has 6 nitrogen and oxygen atoms in total. The van der Waals surface area contributed by atoms with E-state index in [0.717, 1.165) is 33.6 Å². The number of aliphatic hydroxyl groups excluding tert-OH is 1. The molecule has 1 aliphatic rings. The first-order valence-electron chi connectivity index (χ1n) is 11.2. The maximum atomic E-state index is 12.5. The highest BCUT2D eigenvalue weighted by Gasteiger charge is 2.32. The van der Waals surface area contributed by atoms with Crippen molar-refractivity contribution in [2.45, 2.75) is 51.7 Å². The maximum Gasteiger partial charge on any atom is 0.389 e. The Hall–Kier alpha value is -2.46. The van der Waals surface area contributed by atoms with Gasteiger partial charge in [0.1, 0.15) is 10.8 Å². The average Bonchev–Trinajstić information content (AvgIpc) is 3.33. The van der Waals surface area contributed by atoms with Gasteiger partial charge in [0.05, 0.1) is 21.5 Å². The third-order valence-corrected chi connectivity index (χ3v) is 7.13. The van der Waals surface area contributed by atoms with E-state index >= 15 is 0 Å². The second-order valence-electron chi connectivity index (χ2n) is 8.74. The van der Waals surface area contributed by atoms with Gasteiger partial charge in [0.2, 0.25) is 5.95 Å². The number of aromatic nitrogens is 3. The summed E-state index contributed by atoms with van der Waals surface area (Å²) in [7, 11) is 0. The molecule has 1 aromatic carbocycles. The first-order valence-corrected chi connectivity index (χ1v) is 12.0. The second-order valence-corrected chi connectivity index (χ2v) is 9.77. The van der Waals surface area contributed by atoms with Crippen LogP contribution in [-0.2, 0) is 0 Å². The molecule has 2 aromatic heterocycles. The number of aliphatic hydroxyl groups is 1. The van der Waals surface area contributed by atoms with Crippen LogP contribution in [0.15, 0.2) is 24.3 Å². The van der Waals surface area contributed by atoms with Crippen molar-refractivity contribution < 1.29 is 18.3 Å². The Bertz CT molecular complexity index is 1070. The van der Waals surface area contributed by atoms with Crippen LogP contribution in [0.5, 0.6) is 0 Å². The number of benzene rings is 1. The predicted molar refractivity (Wildman–Crippen MR) is 126 cm³/mol. The lowest BCUT2D eigenvalue weighted by atomic mass is 10.1. The average molecular weight is 480 g/mol. The second kappa shape index (κ2) is 9.80. The number of hydrogen-bond donors (Lipinski definition) is 3. The van der Waals surface area contributed by atoms with Gasteiger partial charge in [0.15, 0.2) is 0 Å². The molecule has 4 rings (SSSR count). The first-order chi connectivity index (χ1) is 15.7. The monoisotopic (exact) mass is 479 g/mol. The van der Waals surface area contributed by atoms with Crippen LogP contribution in [0.25, 0.3) is 20.8 Å². The molecule has 0 spiro atoms. The number of alkyl halides is 3. The van der Waals surface area contributed by atoms with Crippen LogP contribution in [0.1, 0.15) is 38.3 Å². The number of nitrogens with one attached hydrogen (secondary N) is 2. The lowest BCUT2D eigenvalue weighted by Gasteiger charge is -2.21.